The van der Waals surface area contributed by atoms with Crippen molar-refractivity contribution < 1.29 is 42.9 Å². The Morgan fingerprint density at radius 3 is 1.00 bits per heavy atom. The van der Waals surface area contributed by atoms with Crippen molar-refractivity contribution in [3.8, 4) is 0 Å². The van der Waals surface area contributed by atoms with Gasteiger partial charge in [-0.25, -0.2) is 4.79 Å². The molecule has 0 aromatic carbocycles. The van der Waals surface area contributed by atoms with Crippen molar-refractivity contribution in [3.05, 3.63) is 194 Å². The molecule has 83 heavy (non-hydrogen) atoms. The fraction of sp³-hybridized carbons (Fsp3) is 0.527. The van der Waals surface area contributed by atoms with Crippen LogP contribution in [0.1, 0.15) is 194 Å². The van der Waals surface area contributed by atoms with Crippen LogP contribution in [0.2, 0.25) is 0 Å². The highest BCUT2D eigenvalue weighted by atomic mass is 16.7. The first kappa shape index (κ1) is 77.1. The number of hydrogen-bond acceptors (Lipinski definition) is 7. The van der Waals surface area contributed by atoms with E-state index in [4.69, 9.17) is 18.9 Å². The number of quaternary nitrogens is 1. The Labute approximate surface area is 506 Å². The van der Waals surface area contributed by atoms with E-state index in [2.05, 4.69) is 208 Å². The first-order chi connectivity index (χ1) is 40.6. The predicted octanol–water partition coefficient (Wildman–Crippen LogP) is 19.5. The molecule has 0 aliphatic heterocycles. The summed E-state index contributed by atoms with van der Waals surface area (Å²) in [5, 5.41) is 9.72. The molecule has 0 radical (unpaired) electrons. The maximum absolute atomic E-state index is 12.9. The summed E-state index contributed by atoms with van der Waals surface area (Å²) in [6, 6.07) is 0. The van der Waals surface area contributed by atoms with Crippen molar-refractivity contribution in [3.63, 3.8) is 0 Å². The summed E-state index contributed by atoms with van der Waals surface area (Å²) in [5.74, 6) is -2.13. The van der Waals surface area contributed by atoms with Gasteiger partial charge in [-0.2, -0.15) is 0 Å². The Hall–Kier alpha value is -5.87. The van der Waals surface area contributed by atoms with Gasteiger partial charge < -0.3 is 28.5 Å². The molecule has 0 saturated heterocycles. The number of unbranched alkanes of at least 4 members (excludes halogenated alkanes) is 8. The van der Waals surface area contributed by atoms with Crippen molar-refractivity contribution >= 4 is 17.9 Å². The molecule has 0 heterocycles. The maximum atomic E-state index is 12.9. The molecule has 2 unspecified atom stereocenters. The average Bonchev–Trinajstić information content (AvgIpc) is 3.46. The summed E-state index contributed by atoms with van der Waals surface area (Å²) in [6.45, 7) is 4.53. The van der Waals surface area contributed by atoms with Gasteiger partial charge in [-0.3, -0.25) is 9.59 Å². The van der Waals surface area contributed by atoms with Crippen LogP contribution in [0.5, 0.6) is 0 Å². The van der Waals surface area contributed by atoms with Gasteiger partial charge in [0.1, 0.15) is 13.2 Å². The molecule has 0 fully saturated rings. The first-order valence-corrected chi connectivity index (χ1v) is 31.6. The third kappa shape index (κ3) is 63.6. The number of rotatable bonds is 55. The SMILES string of the molecule is CC/C=C\C/C=C\C/C=C\C/C=C\C/C=C\C/C=C\C/C=C\C/C=C\C/C=C\CCCCCCCCCC(=O)OC(COC(=O)CCC/C=C\C/C=C\C/C=C\C/C=C\C/C=C\C/C=C\C/C=C\CC)COC(OCC[N+](C)(C)C)C(=O)O. The second kappa shape index (κ2) is 62.2. The van der Waals surface area contributed by atoms with Gasteiger partial charge in [0.25, 0.3) is 6.29 Å². The van der Waals surface area contributed by atoms with Gasteiger partial charge in [-0.1, -0.05) is 240 Å². The van der Waals surface area contributed by atoms with Crippen LogP contribution in [-0.2, 0) is 33.3 Å². The number of aliphatic carboxylic acids is 1. The van der Waals surface area contributed by atoms with E-state index in [1.807, 2.05) is 21.1 Å². The first-order valence-electron chi connectivity index (χ1n) is 31.6. The zero-order valence-electron chi connectivity index (χ0n) is 52.5. The molecule has 2 atom stereocenters. The van der Waals surface area contributed by atoms with E-state index in [1.54, 1.807) is 0 Å². The lowest BCUT2D eigenvalue weighted by Gasteiger charge is -2.25. The summed E-state index contributed by atoms with van der Waals surface area (Å²) in [4.78, 5) is 37.5. The fourth-order valence-electron chi connectivity index (χ4n) is 7.58. The number of hydrogen-bond donors (Lipinski definition) is 1. The summed E-state index contributed by atoms with van der Waals surface area (Å²) in [6.07, 6.45) is 93.8. The normalized spacial score (nSPS) is 14.1. The average molecular weight is 1150 g/mol. The van der Waals surface area contributed by atoms with E-state index >= 15 is 0 Å². The Balaban J connectivity index is 4.36. The van der Waals surface area contributed by atoms with Crippen LogP contribution >= 0.6 is 0 Å². The van der Waals surface area contributed by atoms with Gasteiger partial charge in [-0.15, -0.1) is 0 Å². The van der Waals surface area contributed by atoms with Crippen LogP contribution in [0.4, 0.5) is 0 Å². The van der Waals surface area contributed by atoms with E-state index in [0.29, 0.717) is 23.9 Å². The molecular formula is C74H114NO8+. The molecule has 0 amide bonds. The molecule has 0 spiro atoms. The number of nitrogens with zero attached hydrogens (tertiary/aromatic N) is 1. The molecule has 0 rings (SSSR count). The smallest absolute Gasteiger partial charge is 0.361 e. The number of esters is 2. The van der Waals surface area contributed by atoms with Crippen LogP contribution in [0.15, 0.2) is 194 Å². The van der Waals surface area contributed by atoms with E-state index in [9.17, 15) is 19.5 Å². The molecule has 0 aromatic rings. The van der Waals surface area contributed by atoms with Gasteiger partial charge in [0.05, 0.1) is 34.4 Å². The number of carboxylic acids is 1. The number of allylic oxidation sites excluding steroid dienone is 32. The number of ether oxygens (including phenoxy) is 4. The van der Waals surface area contributed by atoms with Crippen LogP contribution in [-0.4, -0.2) is 87.4 Å². The fourth-order valence-corrected chi connectivity index (χ4v) is 7.58. The number of carbonyl (C=O) groups is 3. The summed E-state index contributed by atoms with van der Waals surface area (Å²) < 4.78 is 22.8. The third-order valence-electron chi connectivity index (χ3n) is 12.3. The van der Waals surface area contributed by atoms with Gasteiger partial charge >= 0.3 is 17.9 Å². The zero-order valence-corrected chi connectivity index (χ0v) is 52.5. The Bertz CT molecular complexity index is 2060. The minimum Gasteiger partial charge on any atom is -0.477 e. The van der Waals surface area contributed by atoms with Crippen molar-refractivity contribution in [2.45, 2.75) is 206 Å². The minimum absolute atomic E-state index is 0.164. The van der Waals surface area contributed by atoms with Gasteiger partial charge in [0.2, 0.25) is 0 Å². The van der Waals surface area contributed by atoms with E-state index in [1.165, 1.54) is 12.8 Å². The summed E-state index contributed by atoms with van der Waals surface area (Å²) in [5.41, 5.74) is 0. The highest BCUT2D eigenvalue weighted by Gasteiger charge is 2.25. The monoisotopic (exact) mass is 1140 g/mol. The molecule has 0 aliphatic carbocycles. The molecule has 0 bridgehead atoms. The Kier molecular flexibility index (Phi) is 57.8. The van der Waals surface area contributed by atoms with Crippen LogP contribution in [0, 0.1) is 0 Å². The summed E-state index contributed by atoms with van der Waals surface area (Å²) >= 11 is 0. The molecular weight excluding hydrogens is 1030 g/mol. The quantitative estimate of drug-likeness (QED) is 0.0211. The van der Waals surface area contributed by atoms with Crippen LogP contribution in [0.25, 0.3) is 0 Å². The van der Waals surface area contributed by atoms with E-state index in [-0.39, 0.29) is 32.7 Å². The largest absolute Gasteiger partial charge is 0.477 e. The topological polar surface area (TPSA) is 108 Å². The van der Waals surface area contributed by atoms with Crippen LogP contribution < -0.4 is 0 Å². The van der Waals surface area contributed by atoms with Crippen molar-refractivity contribution in [1.29, 1.82) is 0 Å². The second-order valence-electron chi connectivity index (χ2n) is 21.2. The lowest BCUT2D eigenvalue weighted by Crippen LogP contribution is -2.40. The standard InChI is InChI=1S/C74H113NO8/c1-6-8-10-12-14-16-18-20-22-24-26-28-30-31-32-33-34-35-36-37-38-39-40-41-43-45-47-49-51-53-55-57-59-61-63-65-72(77)83-70(69-82-74(73(78)79)80-67-66-75(3,4)5)68-81-71(76)64-62-60-58-56-54-52-50-48-46-44-42-29-27-25-23-21-19-17-15-13-11-9-7-2/h8-11,14-17,20-23,26-29,31-32,34-35,37-38,40-41,44-47,50,52,56,58,70,74H,6-7,12-13,18-19,24-25,30,33,36,39,42-43,48-49,51,53-55,57,59-69H2,1-5H3/p+1/b10-8-,11-9-,16-14-,17-15-,22-20-,23-21-,28-26-,29-27-,32-31-,35-34-,38-37-,41-40-,46-44-,47-45-,52-50-,58-56-. The van der Waals surface area contributed by atoms with Gasteiger partial charge in [-0.05, 0) is 135 Å². The predicted molar refractivity (Wildman–Crippen MR) is 354 cm³/mol. The lowest BCUT2D eigenvalue weighted by atomic mass is 10.1. The van der Waals surface area contributed by atoms with Crippen molar-refractivity contribution in [1.82, 2.24) is 0 Å². The van der Waals surface area contributed by atoms with Crippen molar-refractivity contribution in [2.75, 3.05) is 47.5 Å². The number of carbonyl (C=O) groups excluding carboxylic acids is 2. The van der Waals surface area contributed by atoms with Gasteiger partial charge in [0, 0.05) is 12.8 Å². The van der Waals surface area contributed by atoms with Crippen LogP contribution in [0.3, 0.4) is 0 Å². The second-order valence-corrected chi connectivity index (χ2v) is 21.2. The Morgan fingerprint density at radius 1 is 0.361 bits per heavy atom. The molecule has 9 heteroatoms. The molecule has 1 N–H and O–H groups in total. The molecule has 0 saturated carbocycles. The van der Waals surface area contributed by atoms with Crippen molar-refractivity contribution in [2.24, 2.45) is 0 Å². The number of likely N-dealkylation sites (N-methyl/N-ethyl adjacent to an activating group) is 1. The third-order valence-corrected chi connectivity index (χ3v) is 12.3. The molecule has 0 aliphatic rings. The highest BCUT2D eigenvalue weighted by molar-refractivity contribution is 5.71. The van der Waals surface area contributed by atoms with E-state index in [0.717, 1.165) is 141 Å². The van der Waals surface area contributed by atoms with E-state index < -0.39 is 30.3 Å². The molecule has 9 nitrogen and oxygen atoms in total. The molecule has 462 valence electrons. The highest BCUT2D eigenvalue weighted by Crippen LogP contribution is 2.13. The van der Waals surface area contributed by atoms with Gasteiger partial charge in [0.15, 0.2) is 6.10 Å². The lowest BCUT2D eigenvalue weighted by molar-refractivity contribution is -0.870. The number of carboxylic acid groups (broad SMARTS) is 1. The summed E-state index contributed by atoms with van der Waals surface area (Å²) in [7, 11) is 5.93. The zero-order chi connectivity index (χ0) is 60.5. The minimum atomic E-state index is -1.54. The maximum Gasteiger partial charge on any atom is 0.361 e. The Morgan fingerprint density at radius 2 is 0.663 bits per heavy atom. The molecule has 0 aromatic heterocycles.